The van der Waals surface area contributed by atoms with Crippen LogP contribution in [0.5, 0.6) is 0 Å². The number of aromatic carboxylic acids is 1. The Hall–Kier alpha value is -1.88. The Bertz CT molecular complexity index is 556. The molecule has 124 valence electrons. The highest BCUT2D eigenvalue weighted by molar-refractivity contribution is 5.87. The molecular formula is C18H24N2O3. The van der Waals surface area contributed by atoms with Crippen molar-refractivity contribution < 1.29 is 14.7 Å². The quantitative estimate of drug-likeness (QED) is 0.925. The third-order valence-corrected chi connectivity index (χ3v) is 5.00. The zero-order valence-electron chi connectivity index (χ0n) is 13.4. The second-order valence-electron chi connectivity index (χ2n) is 6.58. The van der Waals surface area contributed by atoms with Gasteiger partial charge in [0.05, 0.1) is 5.56 Å². The first-order valence-corrected chi connectivity index (χ1v) is 8.47. The molecule has 1 saturated heterocycles. The molecule has 5 heteroatoms. The number of carboxylic acid groups (broad SMARTS) is 1. The molecule has 0 atom stereocenters. The average Bonchev–Trinajstić information content (AvgIpc) is 3.10. The first kappa shape index (κ1) is 16.0. The van der Waals surface area contributed by atoms with Crippen molar-refractivity contribution >= 4 is 11.9 Å². The predicted molar refractivity (Wildman–Crippen MR) is 87.2 cm³/mol. The summed E-state index contributed by atoms with van der Waals surface area (Å²) in [6.45, 7) is 4.20. The molecule has 1 aromatic rings. The van der Waals surface area contributed by atoms with E-state index < -0.39 is 5.97 Å². The predicted octanol–water partition coefficient (Wildman–Crippen LogP) is 2.22. The second kappa shape index (κ2) is 7.13. The number of benzene rings is 1. The Kier molecular flexibility index (Phi) is 4.96. The van der Waals surface area contributed by atoms with Crippen LogP contribution in [0, 0.1) is 5.92 Å². The molecule has 0 radical (unpaired) electrons. The number of hydrogen-bond acceptors (Lipinski definition) is 3. The van der Waals surface area contributed by atoms with Gasteiger partial charge in [-0.3, -0.25) is 9.69 Å². The molecule has 0 aromatic heterocycles. The van der Waals surface area contributed by atoms with E-state index in [-0.39, 0.29) is 5.92 Å². The fourth-order valence-electron chi connectivity index (χ4n) is 3.57. The summed E-state index contributed by atoms with van der Waals surface area (Å²) in [6, 6.07) is 7.05. The van der Waals surface area contributed by atoms with Gasteiger partial charge >= 0.3 is 5.97 Å². The molecule has 1 aromatic carbocycles. The number of piperazine rings is 1. The number of carbonyl (C=O) groups excluding carboxylic acids is 1. The van der Waals surface area contributed by atoms with Crippen molar-refractivity contribution in [2.24, 2.45) is 5.92 Å². The first-order chi connectivity index (χ1) is 11.1. The lowest BCUT2D eigenvalue weighted by molar-refractivity contribution is -0.137. The SMILES string of the molecule is O=C(O)c1ccc(CN2CCN(C(=O)C3CCCC3)CC2)cc1. The fourth-order valence-corrected chi connectivity index (χ4v) is 3.57. The number of carboxylic acids is 1. The highest BCUT2D eigenvalue weighted by atomic mass is 16.4. The summed E-state index contributed by atoms with van der Waals surface area (Å²) < 4.78 is 0. The summed E-state index contributed by atoms with van der Waals surface area (Å²) >= 11 is 0. The first-order valence-electron chi connectivity index (χ1n) is 8.47. The molecule has 0 unspecified atom stereocenters. The van der Waals surface area contributed by atoms with Gasteiger partial charge in [-0.05, 0) is 30.5 Å². The van der Waals surface area contributed by atoms with Gasteiger partial charge < -0.3 is 10.0 Å². The zero-order valence-corrected chi connectivity index (χ0v) is 13.4. The van der Waals surface area contributed by atoms with Crippen LogP contribution >= 0.6 is 0 Å². The molecule has 2 aliphatic rings. The van der Waals surface area contributed by atoms with Crippen molar-refractivity contribution in [2.45, 2.75) is 32.2 Å². The maximum absolute atomic E-state index is 12.4. The highest BCUT2D eigenvalue weighted by Gasteiger charge is 2.29. The molecule has 1 amide bonds. The van der Waals surface area contributed by atoms with Gasteiger partial charge in [-0.1, -0.05) is 25.0 Å². The largest absolute Gasteiger partial charge is 0.478 e. The summed E-state index contributed by atoms with van der Waals surface area (Å²) in [5.41, 5.74) is 1.44. The van der Waals surface area contributed by atoms with Crippen LogP contribution in [0.2, 0.25) is 0 Å². The van der Waals surface area contributed by atoms with Crippen molar-refractivity contribution in [3.8, 4) is 0 Å². The highest BCUT2D eigenvalue weighted by Crippen LogP contribution is 2.27. The molecule has 1 N–H and O–H groups in total. The number of rotatable bonds is 4. The van der Waals surface area contributed by atoms with Gasteiger partial charge in [0.25, 0.3) is 0 Å². The van der Waals surface area contributed by atoms with Crippen molar-refractivity contribution in [2.75, 3.05) is 26.2 Å². The lowest BCUT2D eigenvalue weighted by atomic mass is 10.1. The van der Waals surface area contributed by atoms with Gasteiger partial charge in [-0.2, -0.15) is 0 Å². The summed E-state index contributed by atoms with van der Waals surface area (Å²) in [5.74, 6) is -0.270. The molecule has 2 fully saturated rings. The van der Waals surface area contributed by atoms with Gasteiger partial charge in [-0.25, -0.2) is 4.79 Å². The molecule has 3 rings (SSSR count). The summed E-state index contributed by atoms with van der Waals surface area (Å²) in [6.07, 6.45) is 4.52. The minimum Gasteiger partial charge on any atom is -0.478 e. The van der Waals surface area contributed by atoms with E-state index in [0.29, 0.717) is 11.5 Å². The van der Waals surface area contributed by atoms with E-state index in [1.54, 1.807) is 12.1 Å². The van der Waals surface area contributed by atoms with Crippen molar-refractivity contribution in [1.29, 1.82) is 0 Å². The van der Waals surface area contributed by atoms with Crippen LogP contribution in [0.15, 0.2) is 24.3 Å². The van der Waals surface area contributed by atoms with Crippen molar-refractivity contribution in [3.63, 3.8) is 0 Å². The molecular weight excluding hydrogens is 292 g/mol. The van der Waals surface area contributed by atoms with Gasteiger partial charge in [0.1, 0.15) is 0 Å². The van der Waals surface area contributed by atoms with Crippen LogP contribution < -0.4 is 0 Å². The molecule has 1 aliphatic heterocycles. The Morgan fingerprint density at radius 3 is 2.17 bits per heavy atom. The summed E-state index contributed by atoms with van der Waals surface area (Å²) in [7, 11) is 0. The fraction of sp³-hybridized carbons (Fsp3) is 0.556. The molecule has 1 saturated carbocycles. The molecule has 0 spiro atoms. The number of carbonyl (C=O) groups is 2. The minimum absolute atomic E-state index is 0.269. The molecule has 23 heavy (non-hydrogen) atoms. The second-order valence-corrected chi connectivity index (χ2v) is 6.58. The van der Waals surface area contributed by atoms with E-state index >= 15 is 0 Å². The normalized spacial score (nSPS) is 19.9. The van der Waals surface area contributed by atoms with E-state index in [0.717, 1.165) is 51.1 Å². The third-order valence-electron chi connectivity index (χ3n) is 5.00. The number of hydrogen-bond donors (Lipinski definition) is 1. The summed E-state index contributed by atoms with van der Waals surface area (Å²) in [4.78, 5) is 27.6. The topological polar surface area (TPSA) is 60.9 Å². The Balaban J connectivity index is 1.48. The summed E-state index contributed by atoms with van der Waals surface area (Å²) in [5, 5.41) is 8.92. The third kappa shape index (κ3) is 3.91. The lowest BCUT2D eigenvalue weighted by Crippen LogP contribution is -2.49. The van der Waals surface area contributed by atoms with Gasteiger partial charge in [-0.15, -0.1) is 0 Å². The van der Waals surface area contributed by atoms with Crippen molar-refractivity contribution in [1.82, 2.24) is 9.80 Å². The van der Waals surface area contributed by atoms with Gasteiger partial charge in [0.2, 0.25) is 5.91 Å². The van der Waals surface area contributed by atoms with Crippen LogP contribution in [0.3, 0.4) is 0 Å². The lowest BCUT2D eigenvalue weighted by Gasteiger charge is -2.36. The van der Waals surface area contributed by atoms with E-state index in [4.69, 9.17) is 5.11 Å². The van der Waals surface area contributed by atoms with Gasteiger partial charge in [0, 0.05) is 38.6 Å². The maximum Gasteiger partial charge on any atom is 0.335 e. The maximum atomic E-state index is 12.4. The smallest absolute Gasteiger partial charge is 0.335 e. The Labute approximate surface area is 136 Å². The van der Waals surface area contributed by atoms with Crippen LogP contribution in [0.4, 0.5) is 0 Å². The average molecular weight is 316 g/mol. The Morgan fingerprint density at radius 2 is 1.61 bits per heavy atom. The van der Waals surface area contributed by atoms with Gasteiger partial charge in [0.15, 0.2) is 0 Å². The van der Waals surface area contributed by atoms with E-state index in [1.807, 2.05) is 17.0 Å². The molecule has 1 heterocycles. The minimum atomic E-state index is -0.893. The molecule has 5 nitrogen and oxygen atoms in total. The van der Waals surface area contributed by atoms with Crippen LogP contribution in [-0.4, -0.2) is 53.0 Å². The standard InChI is InChI=1S/C18H24N2O3/c21-17(15-3-1-2-4-15)20-11-9-19(10-12-20)13-14-5-7-16(8-6-14)18(22)23/h5-8,15H,1-4,9-13H2,(H,22,23). The van der Waals surface area contributed by atoms with E-state index in [2.05, 4.69) is 4.90 Å². The van der Waals surface area contributed by atoms with Crippen molar-refractivity contribution in [3.05, 3.63) is 35.4 Å². The number of nitrogens with zero attached hydrogens (tertiary/aromatic N) is 2. The van der Waals surface area contributed by atoms with Crippen LogP contribution in [0.1, 0.15) is 41.6 Å². The van der Waals surface area contributed by atoms with E-state index in [1.165, 1.54) is 12.8 Å². The van der Waals surface area contributed by atoms with Crippen LogP contribution in [-0.2, 0) is 11.3 Å². The molecule has 1 aliphatic carbocycles. The van der Waals surface area contributed by atoms with E-state index in [9.17, 15) is 9.59 Å². The van der Waals surface area contributed by atoms with Crippen LogP contribution in [0.25, 0.3) is 0 Å². The zero-order chi connectivity index (χ0) is 16.2. The molecule has 0 bridgehead atoms. The Morgan fingerprint density at radius 1 is 1.00 bits per heavy atom. The number of amides is 1. The monoisotopic (exact) mass is 316 g/mol.